The fourth-order valence-corrected chi connectivity index (χ4v) is 3.70. The number of rotatable bonds is 3. The fraction of sp³-hybridized carbons (Fsp3) is 0.190. The van der Waals surface area contributed by atoms with Crippen molar-refractivity contribution in [3.63, 3.8) is 0 Å². The van der Waals surface area contributed by atoms with Crippen molar-refractivity contribution >= 4 is 21.9 Å². The molecule has 0 N–H and O–H groups in total. The molecule has 0 atom stereocenters. The number of likely N-dealkylation sites (tertiary alicyclic amines) is 1. The van der Waals surface area contributed by atoms with Crippen LogP contribution in [0, 0.1) is 0 Å². The molecule has 2 aromatic carbocycles. The van der Waals surface area contributed by atoms with Crippen LogP contribution in [0.3, 0.4) is 0 Å². The summed E-state index contributed by atoms with van der Waals surface area (Å²) in [7, 11) is 0. The zero-order valence-electron chi connectivity index (χ0n) is 13.4. The minimum Gasteiger partial charge on any atom is -0.456 e. The standard InChI is InChI=1S/C21H18N2O/c1-2-9-20-18(7-1)19-8-3-5-16(21(19)24-20)12-23-13-17(14-23)15-6-4-10-22-11-15/h1-11,17H,12-14H2. The minimum absolute atomic E-state index is 0.605. The Morgan fingerprint density at radius 1 is 0.958 bits per heavy atom. The van der Waals surface area contributed by atoms with Crippen molar-refractivity contribution in [1.82, 2.24) is 9.88 Å². The van der Waals surface area contributed by atoms with E-state index >= 15 is 0 Å². The topological polar surface area (TPSA) is 29.3 Å². The lowest BCUT2D eigenvalue weighted by Crippen LogP contribution is -2.44. The summed E-state index contributed by atoms with van der Waals surface area (Å²) in [6, 6.07) is 18.9. The van der Waals surface area contributed by atoms with E-state index in [1.807, 2.05) is 30.6 Å². The molecule has 1 aliphatic rings. The Kier molecular flexibility index (Phi) is 3.13. The summed E-state index contributed by atoms with van der Waals surface area (Å²) < 4.78 is 6.13. The van der Waals surface area contributed by atoms with E-state index in [0.717, 1.165) is 30.8 Å². The monoisotopic (exact) mass is 314 g/mol. The number of benzene rings is 2. The van der Waals surface area contributed by atoms with Crippen LogP contribution in [0.4, 0.5) is 0 Å². The maximum absolute atomic E-state index is 6.13. The van der Waals surface area contributed by atoms with Crippen molar-refractivity contribution in [1.29, 1.82) is 0 Å². The second-order valence-corrected chi connectivity index (χ2v) is 6.57. The van der Waals surface area contributed by atoms with E-state index in [0.29, 0.717) is 5.92 Å². The van der Waals surface area contributed by atoms with E-state index in [-0.39, 0.29) is 0 Å². The van der Waals surface area contributed by atoms with E-state index < -0.39 is 0 Å². The van der Waals surface area contributed by atoms with E-state index in [1.165, 1.54) is 21.9 Å². The number of pyridine rings is 1. The first-order valence-electron chi connectivity index (χ1n) is 8.40. The predicted octanol–water partition coefficient (Wildman–Crippen LogP) is 4.58. The van der Waals surface area contributed by atoms with Crippen LogP contribution in [0.25, 0.3) is 21.9 Å². The van der Waals surface area contributed by atoms with Gasteiger partial charge in [-0.2, -0.15) is 0 Å². The molecule has 5 rings (SSSR count). The van der Waals surface area contributed by atoms with Gasteiger partial charge in [0.05, 0.1) is 0 Å². The summed E-state index contributed by atoms with van der Waals surface area (Å²) in [5.74, 6) is 0.605. The van der Waals surface area contributed by atoms with Crippen molar-refractivity contribution in [3.8, 4) is 0 Å². The number of furan rings is 1. The Labute approximate surface area is 140 Å². The molecule has 0 aliphatic carbocycles. The van der Waals surface area contributed by atoms with Crippen molar-refractivity contribution in [2.75, 3.05) is 13.1 Å². The van der Waals surface area contributed by atoms with Crippen LogP contribution >= 0.6 is 0 Å². The number of para-hydroxylation sites is 2. The molecule has 0 radical (unpaired) electrons. The number of nitrogens with zero attached hydrogens (tertiary/aromatic N) is 2. The lowest BCUT2D eigenvalue weighted by Gasteiger charge is -2.39. The first-order valence-corrected chi connectivity index (χ1v) is 8.40. The Morgan fingerprint density at radius 2 is 1.83 bits per heavy atom. The summed E-state index contributed by atoms with van der Waals surface area (Å²) >= 11 is 0. The molecule has 3 nitrogen and oxygen atoms in total. The smallest absolute Gasteiger partial charge is 0.139 e. The van der Waals surface area contributed by atoms with Gasteiger partial charge in [-0.1, -0.05) is 42.5 Å². The molecule has 0 spiro atoms. The average molecular weight is 314 g/mol. The Hall–Kier alpha value is -2.65. The first-order chi connectivity index (χ1) is 11.9. The molecule has 1 saturated heterocycles. The van der Waals surface area contributed by atoms with Crippen molar-refractivity contribution in [2.24, 2.45) is 0 Å². The average Bonchev–Trinajstić information content (AvgIpc) is 2.98. The molecule has 0 unspecified atom stereocenters. The summed E-state index contributed by atoms with van der Waals surface area (Å²) in [5, 5.41) is 2.42. The van der Waals surface area contributed by atoms with Gasteiger partial charge in [0.15, 0.2) is 0 Å². The van der Waals surface area contributed by atoms with Gasteiger partial charge in [0.25, 0.3) is 0 Å². The molecule has 0 saturated carbocycles. The summed E-state index contributed by atoms with van der Waals surface area (Å²) in [5.41, 5.74) is 4.62. The van der Waals surface area contributed by atoms with E-state index in [9.17, 15) is 0 Å². The molecule has 118 valence electrons. The van der Waals surface area contributed by atoms with E-state index in [2.05, 4.69) is 46.3 Å². The van der Waals surface area contributed by atoms with Gasteiger partial charge < -0.3 is 4.42 Å². The van der Waals surface area contributed by atoms with Gasteiger partial charge in [0, 0.05) is 54.3 Å². The third kappa shape index (κ3) is 2.21. The quantitative estimate of drug-likeness (QED) is 0.554. The molecule has 3 heterocycles. The van der Waals surface area contributed by atoms with Gasteiger partial charge in [-0.05, 0) is 17.7 Å². The number of hydrogen-bond donors (Lipinski definition) is 0. The van der Waals surface area contributed by atoms with Gasteiger partial charge in [-0.15, -0.1) is 0 Å². The maximum Gasteiger partial charge on any atom is 0.139 e. The van der Waals surface area contributed by atoms with Crippen LogP contribution < -0.4 is 0 Å². The molecule has 1 aliphatic heterocycles. The molecular weight excluding hydrogens is 296 g/mol. The highest BCUT2D eigenvalue weighted by Crippen LogP contribution is 2.33. The van der Waals surface area contributed by atoms with Gasteiger partial charge in [0.2, 0.25) is 0 Å². The number of aromatic nitrogens is 1. The van der Waals surface area contributed by atoms with E-state index in [4.69, 9.17) is 4.42 Å². The van der Waals surface area contributed by atoms with Crippen LogP contribution in [0.1, 0.15) is 17.0 Å². The lowest BCUT2D eigenvalue weighted by atomic mass is 9.92. The summed E-state index contributed by atoms with van der Waals surface area (Å²) in [6.07, 6.45) is 3.82. The van der Waals surface area contributed by atoms with Crippen molar-refractivity contribution in [2.45, 2.75) is 12.5 Å². The lowest BCUT2D eigenvalue weighted by molar-refractivity contribution is 0.139. The predicted molar refractivity (Wildman–Crippen MR) is 96.0 cm³/mol. The number of hydrogen-bond acceptors (Lipinski definition) is 3. The Balaban J connectivity index is 1.40. The van der Waals surface area contributed by atoms with Crippen molar-refractivity contribution in [3.05, 3.63) is 78.1 Å². The van der Waals surface area contributed by atoms with Gasteiger partial charge >= 0.3 is 0 Å². The third-order valence-corrected chi connectivity index (χ3v) is 4.99. The highest BCUT2D eigenvalue weighted by molar-refractivity contribution is 6.05. The second kappa shape index (κ2) is 5.46. The van der Waals surface area contributed by atoms with E-state index in [1.54, 1.807) is 0 Å². The van der Waals surface area contributed by atoms with Gasteiger partial charge in [-0.3, -0.25) is 9.88 Å². The fourth-order valence-electron chi connectivity index (χ4n) is 3.70. The molecule has 4 aromatic rings. The number of fused-ring (bicyclic) bond motifs is 3. The van der Waals surface area contributed by atoms with Crippen LogP contribution in [0.15, 0.2) is 71.4 Å². The first kappa shape index (κ1) is 13.8. The maximum atomic E-state index is 6.13. The second-order valence-electron chi connectivity index (χ2n) is 6.57. The SMILES string of the molecule is c1cncc(C2CN(Cc3cccc4c3oc3ccccc34)C2)c1. The van der Waals surface area contributed by atoms with Crippen LogP contribution in [-0.4, -0.2) is 23.0 Å². The summed E-state index contributed by atoms with van der Waals surface area (Å²) in [4.78, 5) is 6.70. The third-order valence-electron chi connectivity index (χ3n) is 4.99. The summed E-state index contributed by atoms with van der Waals surface area (Å²) in [6.45, 7) is 3.11. The molecular formula is C21H18N2O. The molecule has 0 bridgehead atoms. The van der Waals surface area contributed by atoms with Gasteiger partial charge in [-0.25, -0.2) is 0 Å². The van der Waals surface area contributed by atoms with Crippen molar-refractivity contribution < 1.29 is 4.42 Å². The Bertz CT molecular complexity index is 1000. The highest BCUT2D eigenvalue weighted by atomic mass is 16.3. The van der Waals surface area contributed by atoms with Gasteiger partial charge in [0.1, 0.15) is 11.2 Å². The van der Waals surface area contributed by atoms with Crippen LogP contribution in [-0.2, 0) is 6.54 Å². The minimum atomic E-state index is 0.605. The normalized spacial score (nSPS) is 15.8. The largest absolute Gasteiger partial charge is 0.456 e. The molecule has 24 heavy (non-hydrogen) atoms. The highest BCUT2D eigenvalue weighted by Gasteiger charge is 2.28. The van der Waals surface area contributed by atoms with Crippen LogP contribution in [0.5, 0.6) is 0 Å². The molecule has 2 aromatic heterocycles. The van der Waals surface area contributed by atoms with Crippen LogP contribution in [0.2, 0.25) is 0 Å². The molecule has 1 fully saturated rings. The zero-order chi connectivity index (χ0) is 15.9. The molecule has 3 heteroatoms. The molecule has 0 amide bonds. The zero-order valence-corrected chi connectivity index (χ0v) is 13.4. The Morgan fingerprint density at radius 3 is 2.71 bits per heavy atom.